The molecule has 0 amide bonds. The number of nitriles is 1. The molecule has 2 rings (SSSR count). The predicted molar refractivity (Wildman–Crippen MR) is 77.5 cm³/mol. The molecule has 0 unspecified atom stereocenters. The monoisotopic (exact) mass is 335 g/mol. The number of anilines is 1. The van der Waals surface area contributed by atoms with E-state index in [-0.39, 0.29) is 22.6 Å². The minimum Gasteiger partial charge on any atom is -0.465 e. The minimum absolute atomic E-state index is 0.112. The number of nitrogens with zero attached hydrogens (tertiary/aromatic N) is 2. The summed E-state index contributed by atoms with van der Waals surface area (Å²) in [6, 6.07) is 3.56. The number of aromatic nitrogens is 1. The van der Waals surface area contributed by atoms with E-state index in [2.05, 4.69) is 9.47 Å². The number of esters is 2. The lowest BCUT2D eigenvalue weighted by molar-refractivity contribution is 0.0584. The van der Waals surface area contributed by atoms with Gasteiger partial charge >= 0.3 is 11.9 Å². The van der Waals surface area contributed by atoms with E-state index in [0.29, 0.717) is 0 Å². The van der Waals surface area contributed by atoms with Crippen LogP contribution >= 0.6 is 0 Å². The maximum Gasteiger partial charge on any atom is 0.357 e. The van der Waals surface area contributed by atoms with Gasteiger partial charge in [0.05, 0.1) is 31.2 Å². The number of halogens is 2. The first kappa shape index (κ1) is 17.0. The third-order valence-electron chi connectivity index (χ3n) is 3.26. The van der Waals surface area contributed by atoms with Gasteiger partial charge in [0.15, 0.2) is 11.5 Å². The molecule has 0 aliphatic heterocycles. The molecule has 0 atom stereocenters. The number of hydrogen-bond donors (Lipinski definition) is 1. The van der Waals surface area contributed by atoms with Crippen LogP contribution in [0.1, 0.15) is 26.4 Å². The van der Waals surface area contributed by atoms with Crippen LogP contribution < -0.4 is 5.73 Å². The average molecular weight is 335 g/mol. The SMILES string of the molecule is COC(=O)c1c(F)ccc(-n2cc(C#N)c(N)c2C(=O)OC)c1F. The summed E-state index contributed by atoms with van der Waals surface area (Å²) in [6.07, 6.45) is 1.08. The fourth-order valence-corrected chi connectivity index (χ4v) is 2.12. The Kier molecular flexibility index (Phi) is 4.50. The second kappa shape index (κ2) is 6.37. The van der Waals surface area contributed by atoms with E-state index in [0.717, 1.165) is 37.1 Å². The van der Waals surface area contributed by atoms with E-state index in [1.54, 1.807) is 6.07 Å². The first-order chi connectivity index (χ1) is 11.4. The lowest BCUT2D eigenvalue weighted by atomic mass is 10.1. The Morgan fingerprint density at radius 1 is 1.21 bits per heavy atom. The highest BCUT2D eigenvalue weighted by atomic mass is 19.1. The van der Waals surface area contributed by atoms with Crippen LogP contribution in [0.3, 0.4) is 0 Å². The Hall–Kier alpha value is -3.41. The Morgan fingerprint density at radius 2 is 1.83 bits per heavy atom. The van der Waals surface area contributed by atoms with Gasteiger partial charge in [0.25, 0.3) is 0 Å². The van der Waals surface area contributed by atoms with Gasteiger partial charge in [-0.3, -0.25) is 0 Å². The van der Waals surface area contributed by atoms with Gasteiger partial charge in [-0.05, 0) is 12.1 Å². The summed E-state index contributed by atoms with van der Waals surface area (Å²) >= 11 is 0. The van der Waals surface area contributed by atoms with Crippen molar-refractivity contribution in [3.05, 3.63) is 46.8 Å². The lowest BCUT2D eigenvalue weighted by Gasteiger charge is -2.12. The van der Waals surface area contributed by atoms with Crippen molar-refractivity contribution in [3.8, 4) is 11.8 Å². The summed E-state index contributed by atoms with van der Waals surface area (Å²) in [7, 11) is 2.04. The third kappa shape index (κ3) is 2.54. The van der Waals surface area contributed by atoms with Gasteiger partial charge in [0.2, 0.25) is 0 Å². The quantitative estimate of drug-likeness (QED) is 0.857. The van der Waals surface area contributed by atoms with Crippen molar-refractivity contribution in [2.24, 2.45) is 0 Å². The molecule has 0 spiro atoms. The maximum atomic E-state index is 14.6. The van der Waals surface area contributed by atoms with E-state index in [9.17, 15) is 18.4 Å². The van der Waals surface area contributed by atoms with Gasteiger partial charge < -0.3 is 19.8 Å². The molecule has 124 valence electrons. The van der Waals surface area contributed by atoms with Crippen LogP contribution in [-0.4, -0.2) is 30.7 Å². The van der Waals surface area contributed by atoms with Crippen molar-refractivity contribution in [1.29, 1.82) is 5.26 Å². The molecular formula is C15H11F2N3O4. The van der Waals surface area contributed by atoms with Crippen LogP contribution in [0.5, 0.6) is 0 Å². The second-order valence-electron chi connectivity index (χ2n) is 4.53. The molecule has 24 heavy (non-hydrogen) atoms. The third-order valence-corrected chi connectivity index (χ3v) is 3.26. The summed E-state index contributed by atoms with van der Waals surface area (Å²) in [5.41, 5.74) is 3.73. The summed E-state index contributed by atoms with van der Waals surface area (Å²) in [4.78, 5) is 23.5. The second-order valence-corrected chi connectivity index (χ2v) is 4.53. The molecule has 2 N–H and O–H groups in total. The number of carbonyl (C=O) groups excluding carboxylic acids is 2. The van der Waals surface area contributed by atoms with E-state index >= 15 is 0 Å². The predicted octanol–water partition coefficient (Wildman–Crippen LogP) is 1.78. The Labute approximate surface area is 134 Å². The van der Waals surface area contributed by atoms with Crippen LogP contribution in [0.25, 0.3) is 5.69 Å². The average Bonchev–Trinajstić information content (AvgIpc) is 2.90. The van der Waals surface area contributed by atoms with Crippen molar-refractivity contribution >= 4 is 17.6 Å². The largest absolute Gasteiger partial charge is 0.465 e. The van der Waals surface area contributed by atoms with Crippen LogP contribution in [0.4, 0.5) is 14.5 Å². The summed E-state index contributed by atoms with van der Waals surface area (Å²) < 4.78 is 38.2. The normalized spacial score (nSPS) is 10.1. The molecule has 0 fully saturated rings. The molecule has 0 saturated carbocycles. The summed E-state index contributed by atoms with van der Waals surface area (Å²) in [6.45, 7) is 0. The Bertz CT molecular complexity index is 884. The van der Waals surface area contributed by atoms with Crippen molar-refractivity contribution in [2.45, 2.75) is 0 Å². The van der Waals surface area contributed by atoms with Crippen molar-refractivity contribution in [3.63, 3.8) is 0 Å². The van der Waals surface area contributed by atoms with Gasteiger partial charge in [0, 0.05) is 6.20 Å². The van der Waals surface area contributed by atoms with Gasteiger partial charge in [-0.15, -0.1) is 0 Å². The number of carbonyl (C=O) groups is 2. The molecule has 0 aliphatic rings. The number of benzene rings is 1. The topological polar surface area (TPSA) is 107 Å². The first-order valence-electron chi connectivity index (χ1n) is 6.43. The number of methoxy groups -OCH3 is 2. The smallest absolute Gasteiger partial charge is 0.357 e. The Morgan fingerprint density at radius 3 is 2.38 bits per heavy atom. The molecule has 1 aromatic carbocycles. The number of nitrogen functional groups attached to an aromatic ring is 1. The molecule has 0 aliphatic carbocycles. The van der Waals surface area contributed by atoms with E-state index in [1.165, 1.54) is 0 Å². The maximum absolute atomic E-state index is 14.6. The molecular weight excluding hydrogens is 324 g/mol. The number of ether oxygens (including phenoxy) is 2. The zero-order valence-electron chi connectivity index (χ0n) is 12.6. The molecule has 7 nitrogen and oxygen atoms in total. The number of nitrogens with two attached hydrogens (primary N) is 1. The molecule has 1 heterocycles. The zero-order valence-corrected chi connectivity index (χ0v) is 12.6. The van der Waals surface area contributed by atoms with Crippen molar-refractivity contribution in [2.75, 3.05) is 20.0 Å². The van der Waals surface area contributed by atoms with Crippen molar-refractivity contribution < 1.29 is 27.8 Å². The molecule has 0 radical (unpaired) electrons. The van der Waals surface area contributed by atoms with Gasteiger partial charge in [-0.1, -0.05) is 0 Å². The highest BCUT2D eigenvalue weighted by Gasteiger charge is 2.27. The van der Waals surface area contributed by atoms with Gasteiger partial charge in [-0.2, -0.15) is 5.26 Å². The van der Waals surface area contributed by atoms with E-state index in [1.807, 2.05) is 0 Å². The van der Waals surface area contributed by atoms with E-state index in [4.69, 9.17) is 11.0 Å². The Balaban J connectivity index is 2.81. The van der Waals surface area contributed by atoms with Crippen LogP contribution in [-0.2, 0) is 9.47 Å². The van der Waals surface area contributed by atoms with Gasteiger partial charge in [0.1, 0.15) is 17.4 Å². The fraction of sp³-hybridized carbons (Fsp3) is 0.133. The van der Waals surface area contributed by atoms with Crippen molar-refractivity contribution in [1.82, 2.24) is 4.57 Å². The number of rotatable bonds is 3. The molecule has 0 bridgehead atoms. The number of hydrogen-bond acceptors (Lipinski definition) is 6. The molecule has 2 aromatic rings. The molecule has 1 aromatic heterocycles. The van der Waals surface area contributed by atoms with Gasteiger partial charge in [-0.25, -0.2) is 18.4 Å². The zero-order chi connectivity index (χ0) is 18.0. The highest BCUT2D eigenvalue weighted by Crippen LogP contribution is 2.28. The van der Waals surface area contributed by atoms with Crippen LogP contribution in [0.2, 0.25) is 0 Å². The minimum atomic E-state index is -1.27. The van der Waals surface area contributed by atoms with Crippen LogP contribution in [0.15, 0.2) is 18.3 Å². The summed E-state index contributed by atoms with van der Waals surface area (Å²) in [5, 5.41) is 9.03. The fourth-order valence-electron chi connectivity index (χ4n) is 2.12. The molecule has 0 saturated heterocycles. The lowest BCUT2D eigenvalue weighted by Crippen LogP contribution is -2.15. The highest BCUT2D eigenvalue weighted by molar-refractivity contribution is 5.96. The summed E-state index contributed by atoms with van der Waals surface area (Å²) in [5.74, 6) is -4.57. The van der Waals surface area contributed by atoms with E-state index < -0.39 is 29.1 Å². The standard InChI is InChI=1S/C15H11F2N3O4/c1-23-14(21)10-8(16)3-4-9(11(10)17)20-6-7(5-18)12(19)13(20)15(22)24-2/h3-4,6H,19H2,1-2H3. The molecule has 9 heteroatoms. The van der Waals surface area contributed by atoms with Crippen LogP contribution in [0, 0.1) is 23.0 Å². The first-order valence-corrected chi connectivity index (χ1v) is 6.43.